The van der Waals surface area contributed by atoms with Crippen molar-refractivity contribution >= 4 is 5.96 Å². The molecule has 0 bridgehead atoms. The fourth-order valence-corrected chi connectivity index (χ4v) is 4.95. The average Bonchev–Trinajstić information content (AvgIpc) is 3.31. The second kappa shape index (κ2) is 10.6. The van der Waals surface area contributed by atoms with Crippen molar-refractivity contribution in [1.82, 2.24) is 15.1 Å². The van der Waals surface area contributed by atoms with Gasteiger partial charge in [-0.2, -0.15) is 0 Å². The van der Waals surface area contributed by atoms with Crippen LogP contribution in [0.2, 0.25) is 0 Å². The van der Waals surface area contributed by atoms with E-state index in [0.717, 1.165) is 64.1 Å². The fraction of sp³-hybridized carbons (Fsp3) is 0.708. The maximum atomic E-state index is 5.98. The van der Waals surface area contributed by atoms with Gasteiger partial charge in [-0.3, -0.25) is 9.89 Å². The molecule has 3 aliphatic rings. The summed E-state index contributed by atoms with van der Waals surface area (Å²) >= 11 is 0. The third-order valence-electron chi connectivity index (χ3n) is 6.61. The molecule has 166 valence electrons. The van der Waals surface area contributed by atoms with Gasteiger partial charge in [-0.1, -0.05) is 31.2 Å². The lowest BCUT2D eigenvalue weighted by atomic mass is 9.99. The number of hydrogen-bond acceptors (Lipinski definition) is 4. The van der Waals surface area contributed by atoms with Crippen molar-refractivity contribution in [2.24, 2.45) is 10.9 Å². The van der Waals surface area contributed by atoms with Crippen LogP contribution in [-0.2, 0) is 22.6 Å². The monoisotopic (exact) mass is 414 g/mol. The van der Waals surface area contributed by atoms with Gasteiger partial charge in [0.2, 0.25) is 0 Å². The zero-order chi connectivity index (χ0) is 20.8. The molecule has 3 fully saturated rings. The number of hydrogen-bond donors (Lipinski definition) is 1. The van der Waals surface area contributed by atoms with Crippen molar-refractivity contribution in [2.75, 3.05) is 46.4 Å². The van der Waals surface area contributed by atoms with Gasteiger partial charge in [-0.15, -0.1) is 0 Å². The third-order valence-corrected chi connectivity index (χ3v) is 6.61. The zero-order valence-electron chi connectivity index (χ0n) is 18.7. The molecule has 1 aromatic carbocycles. The van der Waals surface area contributed by atoms with Gasteiger partial charge in [0.1, 0.15) is 6.10 Å². The molecule has 0 spiro atoms. The Morgan fingerprint density at radius 1 is 1.00 bits per heavy atom. The molecule has 0 amide bonds. The van der Waals surface area contributed by atoms with E-state index in [4.69, 9.17) is 9.47 Å². The molecule has 0 aliphatic carbocycles. The van der Waals surface area contributed by atoms with Gasteiger partial charge in [-0.05, 0) is 49.3 Å². The van der Waals surface area contributed by atoms with E-state index < -0.39 is 0 Å². The van der Waals surface area contributed by atoms with Crippen molar-refractivity contribution in [2.45, 2.75) is 57.9 Å². The molecule has 3 atom stereocenters. The third kappa shape index (κ3) is 5.74. The van der Waals surface area contributed by atoms with Crippen LogP contribution in [0.1, 0.15) is 43.7 Å². The largest absolute Gasteiger partial charge is 0.375 e. The first-order valence-corrected chi connectivity index (χ1v) is 11.7. The molecular formula is C24H38N4O2. The lowest BCUT2D eigenvalue weighted by Crippen LogP contribution is -2.53. The SMILES string of the molecule is CN=C(NCc1ccc(CN2CCCC(C)C2)cc1)N1CCOC(C2CCCO2)C1. The van der Waals surface area contributed by atoms with Crippen LogP contribution < -0.4 is 5.32 Å². The van der Waals surface area contributed by atoms with Crippen LogP contribution >= 0.6 is 0 Å². The Morgan fingerprint density at radius 2 is 1.80 bits per heavy atom. The second-order valence-electron chi connectivity index (χ2n) is 9.11. The Hall–Kier alpha value is -1.63. The van der Waals surface area contributed by atoms with E-state index >= 15 is 0 Å². The van der Waals surface area contributed by atoms with Crippen molar-refractivity contribution in [3.63, 3.8) is 0 Å². The topological polar surface area (TPSA) is 49.3 Å². The first-order valence-electron chi connectivity index (χ1n) is 11.7. The van der Waals surface area contributed by atoms with Crippen LogP contribution in [0.15, 0.2) is 29.3 Å². The van der Waals surface area contributed by atoms with Crippen LogP contribution in [0, 0.1) is 5.92 Å². The molecule has 6 heteroatoms. The normalized spacial score (nSPS) is 28.7. The van der Waals surface area contributed by atoms with Gasteiger partial charge in [0.15, 0.2) is 5.96 Å². The summed E-state index contributed by atoms with van der Waals surface area (Å²) in [6.07, 6.45) is 5.34. The van der Waals surface area contributed by atoms with E-state index in [9.17, 15) is 0 Å². The van der Waals surface area contributed by atoms with Crippen LogP contribution in [-0.4, -0.2) is 74.4 Å². The molecule has 30 heavy (non-hydrogen) atoms. The predicted molar refractivity (Wildman–Crippen MR) is 121 cm³/mol. The van der Waals surface area contributed by atoms with Crippen LogP contribution in [0.5, 0.6) is 0 Å². The van der Waals surface area contributed by atoms with E-state index in [0.29, 0.717) is 0 Å². The highest BCUT2D eigenvalue weighted by Crippen LogP contribution is 2.21. The summed E-state index contributed by atoms with van der Waals surface area (Å²) in [5.74, 6) is 1.78. The number of guanidine groups is 1. The first-order chi connectivity index (χ1) is 14.7. The number of piperidine rings is 1. The Kier molecular flexibility index (Phi) is 7.63. The number of ether oxygens (including phenoxy) is 2. The van der Waals surface area contributed by atoms with Crippen molar-refractivity contribution in [3.8, 4) is 0 Å². The summed E-state index contributed by atoms with van der Waals surface area (Å²) in [6.45, 7) is 9.99. The Bertz CT molecular complexity index is 687. The molecular weight excluding hydrogens is 376 g/mol. The van der Waals surface area contributed by atoms with Gasteiger partial charge in [0.05, 0.1) is 12.7 Å². The lowest BCUT2D eigenvalue weighted by Gasteiger charge is -2.37. The summed E-state index contributed by atoms with van der Waals surface area (Å²) < 4.78 is 11.8. The van der Waals surface area contributed by atoms with Crippen molar-refractivity contribution in [1.29, 1.82) is 0 Å². The van der Waals surface area contributed by atoms with Crippen molar-refractivity contribution in [3.05, 3.63) is 35.4 Å². The van der Waals surface area contributed by atoms with E-state index in [-0.39, 0.29) is 12.2 Å². The van der Waals surface area contributed by atoms with Crippen LogP contribution in [0.4, 0.5) is 0 Å². The predicted octanol–water partition coefficient (Wildman–Crippen LogP) is 2.87. The molecule has 3 unspecified atom stereocenters. The summed E-state index contributed by atoms with van der Waals surface area (Å²) in [5, 5.41) is 3.54. The first kappa shape index (κ1) is 21.6. The number of rotatable bonds is 5. The molecule has 1 aromatic rings. The molecule has 3 saturated heterocycles. The standard InChI is InChI=1S/C24H38N4O2/c1-19-5-3-11-27(16-19)17-21-9-7-20(8-10-21)15-26-24(25-2)28-12-14-30-23(18-28)22-6-4-13-29-22/h7-10,19,22-23H,3-6,11-18H2,1-2H3,(H,25,26). The molecule has 6 nitrogen and oxygen atoms in total. The van der Waals surface area contributed by atoms with Gasteiger partial charge in [0, 0.05) is 46.4 Å². The minimum Gasteiger partial charge on any atom is -0.375 e. The number of benzene rings is 1. The number of morpholine rings is 1. The number of nitrogens with zero attached hydrogens (tertiary/aromatic N) is 3. The molecule has 0 aromatic heterocycles. The Balaban J connectivity index is 1.26. The van der Waals surface area contributed by atoms with E-state index in [1.165, 1.54) is 37.1 Å². The quantitative estimate of drug-likeness (QED) is 0.593. The summed E-state index contributed by atoms with van der Waals surface area (Å²) in [7, 11) is 1.86. The molecule has 3 aliphatic heterocycles. The van der Waals surface area contributed by atoms with Gasteiger partial charge >= 0.3 is 0 Å². The van der Waals surface area contributed by atoms with Crippen LogP contribution in [0.25, 0.3) is 0 Å². The second-order valence-corrected chi connectivity index (χ2v) is 9.11. The average molecular weight is 415 g/mol. The van der Waals surface area contributed by atoms with Crippen molar-refractivity contribution < 1.29 is 9.47 Å². The highest BCUT2D eigenvalue weighted by atomic mass is 16.5. The minimum atomic E-state index is 0.150. The van der Waals surface area contributed by atoms with E-state index in [2.05, 4.69) is 51.3 Å². The molecule has 0 saturated carbocycles. The Labute approximate surface area is 181 Å². The lowest BCUT2D eigenvalue weighted by molar-refractivity contribution is -0.0817. The van der Waals surface area contributed by atoms with Gasteiger partial charge in [-0.25, -0.2) is 0 Å². The molecule has 3 heterocycles. The summed E-state index contributed by atoms with van der Waals surface area (Å²) in [4.78, 5) is 9.41. The summed E-state index contributed by atoms with van der Waals surface area (Å²) in [6, 6.07) is 9.05. The molecule has 4 rings (SSSR count). The smallest absolute Gasteiger partial charge is 0.194 e. The molecule has 0 radical (unpaired) electrons. The van der Waals surface area contributed by atoms with E-state index in [1.807, 2.05) is 7.05 Å². The van der Waals surface area contributed by atoms with Gasteiger partial charge < -0.3 is 19.7 Å². The zero-order valence-corrected chi connectivity index (χ0v) is 18.7. The number of likely N-dealkylation sites (tertiary alicyclic amines) is 1. The maximum Gasteiger partial charge on any atom is 0.194 e. The number of nitrogens with one attached hydrogen (secondary N) is 1. The molecule has 1 N–H and O–H groups in total. The van der Waals surface area contributed by atoms with Gasteiger partial charge in [0.25, 0.3) is 0 Å². The minimum absolute atomic E-state index is 0.150. The Morgan fingerprint density at radius 3 is 2.53 bits per heavy atom. The highest BCUT2D eigenvalue weighted by Gasteiger charge is 2.32. The van der Waals surface area contributed by atoms with E-state index in [1.54, 1.807) is 0 Å². The maximum absolute atomic E-state index is 5.98. The summed E-state index contributed by atoms with van der Waals surface area (Å²) in [5.41, 5.74) is 2.70. The van der Waals surface area contributed by atoms with Crippen LogP contribution in [0.3, 0.4) is 0 Å². The highest BCUT2D eigenvalue weighted by molar-refractivity contribution is 5.80. The number of aliphatic imine (C=N–C) groups is 1. The fourth-order valence-electron chi connectivity index (χ4n) is 4.95.